The molecular formula is C24H24N2O. The van der Waals surface area contributed by atoms with E-state index in [1.54, 1.807) is 6.92 Å². The van der Waals surface area contributed by atoms with E-state index in [1.807, 2.05) is 29.2 Å². The van der Waals surface area contributed by atoms with Crippen LogP contribution in [-0.2, 0) is 4.79 Å². The predicted molar refractivity (Wildman–Crippen MR) is 112 cm³/mol. The largest absolute Gasteiger partial charge is 0.378 e. The highest BCUT2D eigenvalue weighted by Gasteiger charge is 2.31. The van der Waals surface area contributed by atoms with Crippen molar-refractivity contribution in [1.82, 2.24) is 0 Å². The molecule has 0 bridgehead atoms. The van der Waals surface area contributed by atoms with Gasteiger partial charge >= 0.3 is 0 Å². The van der Waals surface area contributed by atoms with E-state index in [9.17, 15) is 4.79 Å². The standard InChI is InChI=1S/C24H24N2O/c1-17-16-23(22-10-6-7-11-24(22)26(17)18(2)27)25-21-14-12-20(13-15-21)19-8-4-3-5-9-19/h3-15,17,23,25H,16H2,1-2H3. The summed E-state index contributed by atoms with van der Waals surface area (Å²) in [7, 11) is 0. The van der Waals surface area contributed by atoms with E-state index in [1.165, 1.54) is 16.7 Å². The number of carbonyl (C=O) groups excluding carboxylic acids is 1. The van der Waals surface area contributed by atoms with Crippen LogP contribution in [0.3, 0.4) is 0 Å². The van der Waals surface area contributed by atoms with Crippen molar-refractivity contribution in [3.05, 3.63) is 84.4 Å². The van der Waals surface area contributed by atoms with Crippen LogP contribution in [0.15, 0.2) is 78.9 Å². The van der Waals surface area contributed by atoms with Crippen molar-refractivity contribution < 1.29 is 4.79 Å². The molecular weight excluding hydrogens is 332 g/mol. The first-order valence-corrected chi connectivity index (χ1v) is 9.44. The van der Waals surface area contributed by atoms with Gasteiger partial charge in [0.15, 0.2) is 0 Å². The summed E-state index contributed by atoms with van der Waals surface area (Å²) in [6.07, 6.45) is 0.886. The molecule has 3 nitrogen and oxygen atoms in total. The summed E-state index contributed by atoms with van der Waals surface area (Å²) >= 11 is 0. The first-order chi connectivity index (χ1) is 13.1. The zero-order valence-corrected chi connectivity index (χ0v) is 15.7. The number of para-hydroxylation sites is 1. The zero-order valence-electron chi connectivity index (χ0n) is 15.7. The Bertz CT molecular complexity index is 934. The highest BCUT2D eigenvalue weighted by Crippen LogP contribution is 2.39. The molecule has 2 atom stereocenters. The van der Waals surface area contributed by atoms with E-state index in [2.05, 4.69) is 66.8 Å². The Kier molecular flexibility index (Phi) is 4.68. The van der Waals surface area contributed by atoms with E-state index in [-0.39, 0.29) is 18.0 Å². The molecule has 1 aliphatic rings. The first kappa shape index (κ1) is 17.3. The third-order valence-corrected chi connectivity index (χ3v) is 5.26. The summed E-state index contributed by atoms with van der Waals surface area (Å²) in [5, 5.41) is 3.67. The van der Waals surface area contributed by atoms with Gasteiger partial charge in [-0.3, -0.25) is 4.79 Å². The maximum atomic E-state index is 12.1. The third-order valence-electron chi connectivity index (χ3n) is 5.26. The number of benzene rings is 3. The maximum absolute atomic E-state index is 12.1. The molecule has 27 heavy (non-hydrogen) atoms. The van der Waals surface area contributed by atoms with Crippen LogP contribution < -0.4 is 10.2 Å². The molecule has 1 heterocycles. The number of nitrogens with one attached hydrogen (secondary N) is 1. The summed E-state index contributed by atoms with van der Waals surface area (Å²) in [4.78, 5) is 14.0. The molecule has 3 aromatic rings. The quantitative estimate of drug-likeness (QED) is 0.657. The van der Waals surface area contributed by atoms with Gasteiger partial charge in [-0.05, 0) is 48.2 Å². The Hall–Kier alpha value is -3.07. The Morgan fingerprint density at radius 3 is 2.22 bits per heavy atom. The molecule has 2 unspecified atom stereocenters. The Labute approximate surface area is 160 Å². The van der Waals surface area contributed by atoms with Gasteiger partial charge in [0.25, 0.3) is 0 Å². The maximum Gasteiger partial charge on any atom is 0.224 e. The lowest BCUT2D eigenvalue weighted by atomic mass is 9.91. The van der Waals surface area contributed by atoms with Gasteiger partial charge in [0.1, 0.15) is 0 Å². The molecule has 0 saturated carbocycles. The van der Waals surface area contributed by atoms with E-state index in [0.29, 0.717) is 0 Å². The minimum Gasteiger partial charge on any atom is -0.378 e. The van der Waals surface area contributed by atoms with E-state index in [0.717, 1.165) is 17.8 Å². The molecule has 0 aliphatic carbocycles. The van der Waals surface area contributed by atoms with Crippen molar-refractivity contribution in [3.8, 4) is 11.1 Å². The second-order valence-corrected chi connectivity index (χ2v) is 7.17. The fraction of sp³-hybridized carbons (Fsp3) is 0.208. The van der Waals surface area contributed by atoms with Gasteiger partial charge in [0.05, 0.1) is 6.04 Å². The average Bonchev–Trinajstić information content (AvgIpc) is 2.69. The van der Waals surface area contributed by atoms with Crippen LogP contribution in [0.5, 0.6) is 0 Å². The molecule has 1 N–H and O–H groups in total. The van der Waals surface area contributed by atoms with Crippen molar-refractivity contribution in [2.75, 3.05) is 10.2 Å². The number of anilines is 2. The van der Waals surface area contributed by atoms with Crippen molar-refractivity contribution >= 4 is 17.3 Å². The minimum atomic E-state index is 0.0978. The Morgan fingerprint density at radius 2 is 1.52 bits per heavy atom. The van der Waals surface area contributed by atoms with Gasteiger partial charge in [0, 0.05) is 24.3 Å². The molecule has 1 aliphatic heterocycles. The normalized spacial score (nSPS) is 18.7. The molecule has 3 heteroatoms. The third kappa shape index (κ3) is 3.45. The van der Waals surface area contributed by atoms with Gasteiger partial charge in [-0.1, -0.05) is 60.7 Å². The Morgan fingerprint density at radius 1 is 0.889 bits per heavy atom. The fourth-order valence-electron chi connectivity index (χ4n) is 4.02. The SMILES string of the molecule is CC(=O)N1c2ccccc2C(Nc2ccc(-c3ccccc3)cc2)CC1C. The van der Waals surface area contributed by atoms with E-state index < -0.39 is 0 Å². The van der Waals surface area contributed by atoms with Gasteiger partial charge < -0.3 is 10.2 Å². The van der Waals surface area contributed by atoms with Crippen molar-refractivity contribution in [3.63, 3.8) is 0 Å². The Balaban J connectivity index is 1.59. The van der Waals surface area contributed by atoms with Crippen LogP contribution in [-0.4, -0.2) is 11.9 Å². The number of nitrogens with zero attached hydrogens (tertiary/aromatic N) is 1. The smallest absolute Gasteiger partial charge is 0.224 e. The van der Waals surface area contributed by atoms with Crippen LogP contribution in [0, 0.1) is 0 Å². The predicted octanol–water partition coefficient (Wildman–Crippen LogP) is 5.65. The van der Waals surface area contributed by atoms with Gasteiger partial charge in [-0.15, -0.1) is 0 Å². The molecule has 0 saturated heterocycles. The van der Waals surface area contributed by atoms with Crippen molar-refractivity contribution in [1.29, 1.82) is 0 Å². The number of fused-ring (bicyclic) bond motifs is 1. The summed E-state index contributed by atoms with van der Waals surface area (Å²) in [6, 6.07) is 27.5. The highest BCUT2D eigenvalue weighted by molar-refractivity contribution is 5.93. The molecule has 1 amide bonds. The van der Waals surface area contributed by atoms with Crippen LogP contribution in [0.1, 0.15) is 31.9 Å². The van der Waals surface area contributed by atoms with Gasteiger partial charge in [-0.25, -0.2) is 0 Å². The zero-order chi connectivity index (χ0) is 18.8. The van der Waals surface area contributed by atoms with E-state index >= 15 is 0 Å². The van der Waals surface area contributed by atoms with Crippen LogP contribution >= 0.6 is 0 Å². The second-order valence-electron chi connectivity index (χ2n) is 7.17. The molecule has 0 aromatic heterocycles. The lowest BCUT2D eigenvalue weighted by Gasteiger charge is -2.39. The minimum absolute atomic E-state index is 0.0978. The molecule has 0 spiro atoms. The summed E-state index contributed by atoms with van der Waals surface area (Å²) in [5.41, 5.74) is 5.72. The highest BCUT2D eigenvalue weighted by atomic mass is 16.2. The van der Waals surface area contributed by atoms with Crippen molar-refractivity contribution in [2.24, 2.45) is 0 Å². The molecule has 136 valence electrons. The summed E-state index contributed by atoms with van der Waals surface area (Å²) < 4.78 is 0. The monoisotopic (exact) mass is 356 g/mol. The van der Waals surface area contributed by atoms with Gasteiger partial charge in [0.2, 0.25) is 5.91 Å². The summed E-state index contributed by atoms with van der Waals surface area (Å²) in [6.45, 7) is 3.76. The number of hydrogen-bond acceptors (Lipinski definition) is 2. The number of rotatable bonds is 3. The molecule has 3 aromatic carbocycles. The van der Waals surface area contributed by atoms with Crippen LogP contribution in [0.4, 0.5) is 11.4 Å². The van der Waals surface area contributed by atoms with E-state index in [4.69, 9.17) is 0 Å². The number of carbonyl (C=O) groups is 1. The summed E-state index contributed by atoms with van der Waals surface area (Å²) in [5.74, 6) is 0.0978. The number of amides is 1. The molecule has 4 rings (SSSR count). The fourth-order valence-corrected chi connectivity index (χ4v) is 4.02. The van der Waals surface area contributed by atoms with Crippen molar-refractivity contribution in [2.45, 2.75) is 32.4 Å². The first-order valence-electron chi connectivity index (χ1n) is 9.44. The average molecular weight is 356 g/mol. The van der Waals surface area contributed by atoms with Crippen LogP contribution in [0.2, 0.25) is 0 Å². The lowest BCUT2D eigenvalue weighted by Crippen LogP contribution is -2.43. The number of hydrogen-bond donors (Lipinski definition) is 1. The molecule has 0 radical (unpaired) electrons. The lowest BCUT2D eigenvalue weighted by molar-refractivity contribution is -0.117. The van der Waals surface area contributed by atoms with Crippen LogP contribution in [0.25, 0.3) is 11.1 Å². The topological polar surface area (TPSA) is 32.3 Å². The second kappa shape index (κ2) is 7.28. The molecule has 0 fully saturated rings. The van der Waals surface area contributed by atoms with Gasteiger partial charge in [-0.2, -0.15) is 0 Å².